The van der Waals surface area contributed by atoms with Crippen molar-refractivity contribution in [2.24, 2.45) is 0 Å². The third kappa shape index (κ3) is 4.24. The highest BCUT2D eigenvalue weighted by molar-refractivity contribution is 7.26. The van der Waals surface area contributed by atoms with E-state index in [9.17, 15) is 0 Å². The Hall–Kier alpha value is -5.96. The van der Waals surface area contributed by atoms with Crippen LogP contribution in [0.25, 0.3) is 74.4 Å². The van der Waals surface area contributed by atoms with Gasteiger partial charge in [0.25, 0.3) is 0 Å². The first-order valence-corrected chi connectivity index (χ1v) is 17.2. The SMILES string of the molecule is c1ccc(-c2cccc(N(c3ccc4ccc5c6ccccc6ccc5c4c3)c3cc4ccccc4c4c3sc3ccccc34)c2)cc1. The van der Waals surface area contributed by atoms with E-state index in [1.807, 2.05) is 11.3 Å². The zero-order chi connectivity index (χ0) is 31.6. The Morgan fingerprint density at radius 2 is 0.979 bits per heavy atom. The topological polar surface area (TPSA) is 3.24 Å². The first-order valence-electron chi connectivity index (χ1n) is 16.4. The first kappa shape index (κ1) is 27.2. The Morgan fingerprint density at radius 3 is 1.83 bits per heavy atom. The Balaban J connectivity index is 1.30. The molecule has 0 saturated carbocycles. The molecule has 0 radical (unpaired) electrons. The summed E-state index contributed by atoms with van der Waals surface area (Å²) in [6.45, 7) is 0. The summed E-state index contributed by atoms with van der Waals surface area (Å²) in [4.78, 5) is 2.48. The Morgan fingerprint density at radius 1 is 0.354 bits per heavy atom. The molecule has 10 aromatic rings. The van der Waals surface area contributed by atoms with Crippen LogP contribution in [0.15, 0.2) is 176 Å². The molecule has 0 atom stereocenters. The largest absolute Gasteiger partial charge is 0.309 e. The highest BCUT2D eigenvalue weighted by atomic mass is 32.1. The summed E-state index contributed by atoms with van der Waals surface area (Å²) in [5.74, 6) is 0. The van der Waals surface area contributed by atoms with Crippen molar-refractivity contribution in [3.63, 3.8) is 0 Å². The lowest BCUT2D eigenvalue weighted by molar-refractivity contribution is 1.31. The number of hydrogen-bond acceptors (Lipinski definition) is 2. The average molecular weight is 628 g/mol. The summed E-state index contributed by atoms with van der Waals surface area (Å²) in [7, 11) is 0. The van der Waals surface area contributed by atoms with E-state index in [4.69, 9.17) is 0 Å². The second-order valence-corrected chi connectivity index (χ2v) is 13.6. The van der Waals surface area contributed by atoms with E-state index in [1.165, 1.54) is 80.1 Å². The van der Waals surface area contributed by atoms with Gasteiger partial charge in [0.05, 0.1) is 10.4 Å². The standard InChI is InChI=1S/C46H29NS/c1-2-11-30(12-3-1)33-15-10-16-35(27-33)47(43-28-34-14-5-7-18-38(34)45-41-19-8-9-20-44(41)48-46(43)45)36-24-21-32-23-25-39-37-17-6-4-13-31(37)22-26-40(39)42(32)29-36/h1-29H. The second-order valence-electron chi connectivity index (χ2n) is 12.5. The van der Waals surface area contributed by atoms with E-state index in [0.29, 0.717) is 0 Å². The van der Waals surface area contributed by atoms with Crippen molar-refractivity contribution < 1.29 is 0 Å². The molecule has 0 saturated heterocycles. The molecule has 0 bridgehead atoms. The normalized spacial score (nSPS) is 11.8. The number of rotatable bonds is 4. The van der Waals surface area contributed by atoms with Crippen LogP contribution in [0.2, 0.25) is 0 Å². The smallest absolute Gasteiger partial charge is 0.0646 e. The molecule has 2 heteroatoms. The van der Waals surface area contributed by atoms with Crippen LogP contribution < -0.4 is 4.90 Å². The third-order valence-electron chi connectivity index (χ3n) is 9.79. The van der Waals surface area contributed by atoms with Crippen molar-refractivity contribution in [2.75, 3.05) is 4.90 Å². The summed E-state index contributed by atoms with van der Waals surface area (Å²) in [5, 5.41) is 12.8. The van der Waals surface area contributed by atoms with Gasteiger partial charge in [-0.25, -0.2) is 0 Å². The van der Waals surface area contributed by atoms with Crippen molar-refractivity contribution >= 4 is 91.7 Å². The monoisotopic (exact) mass is 627 g/mol. The van der Waals surface area contributed by atoms with Crippen molar-refractivity contribution in [1.82, 2.24) is 0 Å². The highest BCUT2D eigenvalue weighted by Gasteiger charge is 2.21. The van der Waals surface area contributed by atoms with Crippen molar-refractivity contribution in [1.29, 1.82) is 0 Å². The maximum atomic E-state index is 2.48. The van der Waals surface area contributed by atoms with Gasteiger partial charge in [-0.3, -0.25) is 0 Å². The highest BCUT2D eigenvalue weighted by Crippen LogP contribution is 2.49. The van der Waals surface area contributed by atoms with E-state index >= 15 is 0 Å². The molecular weight excluding hydrogens is 599 g/mol. The molecule has 1 aromatic heterocycles. The molecule has 9 aromatic carbocycles. The predicted molar refractivity (Wildman–Crippen MR) is 209 cm³/mol. The molecule has 0 aliphatic heterocycles. The molecule has 0 spiro atoms. The van der Waals surface area contributed by atoms with Gasteiger partial charge in [0.2, 0.25) is 0 Å². The Kier molecular flexibility index (Phi) is 6.12. The first-order chi connectivity index (χ1) is 23.8. The molecule has 10 rings (SSSR count). The maximum absolute atomic E-state index is 2.48. The zero-order valence-electron chi connectivity index (χ0n) is 26.1. The van der Waals surface area contributed by atoms with Gasteiger partial charge in [0.1, 0.15) is 0 Å². The van der Waals surface area contributed by atoms with Gasteiger partial charge in [-0.1, -0.05) is 140 Å². The molecule has 48 heavy (non-hydrogen) atoms. The third-order valence-corrected chi connectivity index (χ3v) is 11.0. The van der Waals surface area contributed by atoms with Crippen LogP contribution in [0.1, 0.15) is 0 Å². The lowest BCUT2D eigenvalue weighted by atomic mass is 9.96. The maximum Gasteiger partial charge on any atom is 0.0646 e. The van der Waals surface area contributed by atoms with Crippen LogP contribution >= 0.6 is 11.3 Å². The van der Waals surface area contributed by atoms with Gasteiger partial charge in [0.15, 0.2) is 0 Å². The van der Waals surface area contributed by atoms with Gasteiger partial charge in [-0.15, -0.1) is 11.3 Å². The average Bonchev–Trinajstić information content (AvgIpc) is 3.55. The molecule has 0 N–H and O–H groups in total. The van der Waals surface area contributed by atoms with Crippen LogP contribution in [-0.2, 0) is 0 Å². The summed E-state index contributed by atoms with van der Waals surface area (Å²) < 4.78 is 2.60. The minimum Gasteiger partial charge on any atom is -0.309 e. The Labute approximate surface area is 282 Å². The summed E-state index contributed by atoms with van der Waals surface area (Å²) in [5.41, 5.74) is 5.88. The van der Waals surface area contributed by atoms with Crippen LogP contribution in [0, 0.1) is 0 Å². The van der Waals surface area contributed by atoms with E-state index in [0.717, 1.165) is 11.4 Å². The van der Waals surface area contributed by atoms with Crippen LogP contribution in [0.4, 0.5) is 17.1 Å². The van der Waals surface area contributed by atoms with Gasteiger partial charge >= 0.3 is 0 Å². The second kappa shape index (κ2) is 10.8. The molecule has 0 aliphatic rings. The lowest BCUT2D eigenvalue weighted by Gasteiger charge is -2.27. The molecule has 0 aliphatic carbocycles. The Bertz CT molecular complexity index is 2850. The fourth-order valence-electron chi connectivity index (χ4n) is 7.55. The fourth-order valence-corrected chi connectivity index (χ4v) is 8.77. The van der Waals surface area contributed by atoms with Crippen molar-refractivity contribution in [2.45, 2.75) is 0 Å². The summed E-state index contributed by atoms with van der Waals surface area (Å²) in [6.07, 6.45) is 0. The number of anilines is 3. The molecular formula is C46H29NS. The molecule has 1 nitrogen and oxygen atoms in total. The lowest BCUT2D eigenvalue weighted by Crippen LogP contribution is -2.10. The minimum absolute atomic E-state index is 1.13. The zero-order valence-corrected chi connectivity index (χ0v) is 26.9. The molecule has 1 heterocycles. The van der Waals surface area contributed by atoms with Gasteiger partial charge in [-0.2, -0.15) is 0 Å². The number of benzene rings is 9. The summed E-state index contributed by atoms with van der Waals surface area (Å²) >= 11 is 1.89. The van der Waals surface area contributed by atoms with Crippen LogP contribution in [0.5, 0.6) is 0 Å². The van der Waals surface area contributed by atoms with Gasteiger partial charge in [0, 0.05) is 26.8 Å². The van der Waals surface area contributed by atoms with Crippen molar-refractivity contribution in [3.8, 4) is 11.1 Å². The van der Waals surface area contributed by atoms with Gasteiger partial charge in [-0.05, 0) is 90.6 Å². The molecule has 0 fully saturated rings. The van der Waals surface area contributed by atoms with E-state index in [-0.39, 0.29) is 0 Å². The van der Waals surface area contributed by atoms with E-state index < -0.39 is 0 Å². The molecule has 0 amide bonds. The number of thiophene rings is 1. The number of fused-ring (bicyclic) bond motifs is 10. The minimum atomic E-state index is 1.13. The van der Waals surface area contributed by atoms with E-state index in [2.05, 4.69) is 181 Å². The van der Waals surface area contributed by atoms with Crippen LogP contribution in [0.3, 0.4) is 0 Å². The predicted octanol–water partition coefficient (Wildman–Crippen LogP) is 13.8. The fraction of sp³-hybridized carbons (Fsp3) is 0. The molecule has 0 unspecified atom stereocenters. The number of hydrogen-bond donors (Lipinski definition) is 0. The van der Waals surface area contributed by atoms with Crippen LogP contribution in [-0.4, -0.2) is 0 Å². The number of nitrogens with zero attached hydrogens (tertiary/aromatic N) is 1. The quantitative estimate of drug-likeness (QED) is 0.176. The van der Waals surface area contributed by atoms with E-state index in [1.54, 1.807) is 0 Å². The molecule has 224 valence electrons. The van der Waals surface area contributed by atoms with Crippen molar-refractivity contribution in [3.05, 3.63) is 176 Å². The van der Waals surface area contributed by atoms with Gasteiger partial charge < -0.3 is 4.90 Å². The summed E-state index contributed by atoms with van der Waals surface area (Å²) in [6, 6.07) is 64.5.